The first-order chi connectivity index (χ1) is 27.1. The molecule has 2 aromatic carbocycles. The van der Waals surface area contributed by atoms with Gasteiger partial charge in [0.05, 0.1) is 48.5 Å². The van der Waals surface area contributed by atoms with Crippen molar-refractivity contribution >= 4 is 37.7 Å². The largest absolute Gasteiger partial charge is 0.190 e. The number of rotatable bonds is 11. The molecular formula is C51H76Cl2P2+2. The zero-order chi connectivity index (χ0) is 37.6. The van der Waals surface area contributed by atoms with E-state index >= 15 is 0 Å². The Morgan fingerprint density at radius 2 is 0.745 bits per heavy atom. The molecule has 8 rings (SSSR count). The van der Waals surface area contributed by atoms with Gasteiger partial charge in [-0.3, -0.25) is 0 Å². The van der Waals surface area contributed by atoms with Crippen molar-refractivity contribution in [1.82, 2.24) is 0 Å². The molecule has 0 aromatic heterocycles. The van der Waals surface area contributed by atoms with Crippen LogP contribution in [0.1, 0.15) is 197 Å². The van der Waals surface area contributed by atoms with Gasteiger partial charge in [0, 0.05) is 11.5 Å². The lowest BCUT2D eigenvalue weighted by atomic mass is 9.65. The highest BCUT2D eigenvalue weighted by Gasteiger charge is 2.75. The van der Waals surface area contributed by atoms with E-state index in [1.807, 2.05) is 0 Å². The van der Waals surface area contributed by atoms with Gasteiger partial charge in [0.25, 0.3) is 0 Å². The van der Waals surface area contributed by atoms with Crippen molar-refractivity contribution in [3.63, 3.8) is 0 Å². The first-order valence-corrected chi connectivity index (χ1v) is 28.9. The zero-order valence-electron chi connectivity index (χ0n) is 34.5. The van der Waals surface area contributed by atoms with Crippen LogP contribution in [0, 0.1) is 0 Å². The molecule has 0 aliphatic heterocycles. The van der Waals surface area contributed by atoms with E-state index in [1.165, 1.54) is 186 Å². The van der Waals surface area contributed by atoms with Crippen LogP contribution in [0.5, 0.6) is 0 Å². The summed E-state index contributed by atoms with van der Waals surface area (Å²) in [6.45, 7) is 0. The summed E-state index contributed by atoms with van der Waals surface area (Å²) in [5.74, 6) is 0. The van der Waals surface area contributed by atoms with Crippen molar-refractivity contribution < 1.29 is 0 Å². The third-order valence-corrected chi connectivity index (χ3v) is 32.6. The fourth-order valence-electron chi connectivity index (χ4n) is 15.3. The second-order valence-corrected chi connectivity index (χ2v) is 30.2. The van der Waals surface area contributed by atoms with Crippen molar-refractivity contribution in [2.45, 2.75) is 231 Å². The highest BCUT2D eigenvalue weighted by atomic mass is 35.5. The molecule has 302 valence electrons. The maximum Gasteiger partial charge on any atom is 0.190 e. The monoisotopic (exact) mass is 820 g/mol. The number of halogens is 2. The minimum Gasteiger partial charge on any atom is -0.0709 e. The maximum atomic E-state index is 7.43. The Bertz CT molecular complexity index is 1370. The van der Waals surface area contributed by atoms with Crippen molar-refractivity contribution in [2.75, 3.05) is 0 Å². The summed E-state index contributed by atoms with van der Waals surface area (Å²) in [6.07, 6.45) is 45.3. The Kier molecular flexibility index (Phi) is 14.5. The van der Waals surface area contributed by atoms with Crippen LogP contribution in [0.15, 0.2) is 71.2 Å². The lowest BCUT2D eigenvalue weighted by Gasteiger charge is -2.60. The Labute approximate surface area is 349 Å². The van der Waals surface area contributed by atoms with E-state index in [4.69, 9.17) is 23.2 Å². The average Bonchev–Trinajstić information content (AvgIpc) is 3.27. The lowest BCUT2D eigenvalue weighted by molar-refractivity contribution is 0.342. The van der Waals surface area contributed by atoms with Gasteiger partial charge >= 0.3 is 0 Å². The smallest absolute Gasteiger partial charge is 0.0709 e. The van der Waals surface area contributed by atoms with E-state index in [0.717, 1.165) is 34.0 Å². The Hall–Kier alpha value is -0.380. The third-order valence-electron chi connectivity index (χ3n) is 17.2. The Balaban J connectivity index is 1.42. The number of hydrogen-bond acceptors (Lipinski definition) is 0. The molecule has 2 aromatic rings. The zero-order valence-corrected chi connectivity index (χ0v) is 37.8. The van der Waals surface area contributed by atoms with Crippen LogP contribution in [0.25, 0.3) is 0 Å². The maximum absolute atomic E-state index is 7.43. The molecule has 6 aliphatic carbocycles. The number of hydrogen-bond donors (Lipinski definition) is 0. The summed E-state index contributed by atoms with van der Waals surface area (Å²) in [6, 6.07) is 24.0. The van der Waals surface area contributed by atoms with Crippen LogP contribution < -0.4 is 0 Å². The Morgan fingerprint density at radius 1 is 0.436 bits per heavy atom. The second-order valence-electron chi connectivity index (χ2n) is 19.7. The minimum atomic E-state index is -1.72. The number of allylic oxidation sites excluding steroid dienone is 1. The molecule has 6 aliphatic rings. The first kappa shape index (κ1) is 41.4. The molecule has 0 N–H and O–H groups in total. The van der Waals surface area contributed by atoms with E-state index in [2.05, 4.69) is 66.7 Å². The van der Waals surface area contributed by atoms with Gasteiger partial charge in [-0.1, -0.05) is 116 Å². The van der Waals surface area contributed by atoms with Crippen molar-refractivity contribution in [3.05, 3.63) is 82.4 Å². The molecule has 0 nitrogen and oxygen atoms in total. The minimum absolute atomic E-state index is 0.0840. The summed E-state index contributed by atoms with van der Waals surface area (Å²) < 4.78 is 0.668. The fourth-order valence-corrected chi connectivity index (χ4v) is 36.6. The van der Waals surface area contributed by atoms with Crippen LogP contribution in [0.3, 0.4) is 0 Å². The Morgan fingerprint density at radius 3 is 1.07 bits per heavy atom. The summed E-state index contributed by atoms with van der Waals surface area (Å²) >= 11 is 14.9. The molecule has 2 unspecified atom stereocenters. The van der Waals surface area contributed by atoms with Gasteiger partial charge < -0.3 is 0 Å². The van der Waals surface area contributed by atoms with Crippen LogP contribution in [-0.2, 0) is 5.41 Å². The molecule has 0 heterocycles. The van der Waals surface area contributed by atoms with E-state index in [1.54, 1.807) is 11.1 Å². The highest BCUT2D eigenvalue weighted by molar-refractivity contribution is 7.95. The molecule has 6 saturated carbocycles. The summed E-state index contributed by atoms with van der Waals surface area (Å²) in [7, 11) is -3.31. The van der Waals surface area contributed by atoms with E-state index in [9.17, 15) is 0 Å². The summed E-state index contributed by atoms with van der Waals surface area (Å²) in [5.41, 5.74) is 8.72. The SMILES string of the molecule is ClC(Cl)=CC([P+](C1CCCCC1)(C1CCCCC1)C1CCCCC1)[P+](C1CCCCC1)(C1CCCCC1)C1CCCC(c2ccccc2)(c2ccccc2)C1. The molecule has 55 heavy (non-hydrogen) atoms. The molecular weight excluding hydrogens is 745 g/mol. The van der Waals surface area contributed by atoms with Gasteiger partial charge in [-0.2, -0.15) is 0 Å². The highest BCUT2D eigenvalue weighted by Crippen LogP contribution is 2.95. The fraction of sp³-hybridized carbons (Fsp3) is 0.725. The molecule has 0 radical (unpaired) electrons. The van der Waals surface area contributed by atoms with Gasteiger partial charge in [-0.05, 0) is 165 Å². The normalized spacial score (nSPS) is 26.7. The first-order valence-electron chi connectivity index (χ1n) is 24.0. The molecule has 2 atom stereocenters. The predicted molar refractivity (Wildman–Crippen MR) is 248 cm³/mol. The lowest BCUT2D eigenvalue weighted by Crippen LogP contribution is -2.50. The topological polar surface area (TPSA) is 0 Å². The molecule has 0 amide bonds. The third kappa shape index (κ3) is 8.25. The molecule has 0 bridgehead atoms. The van der Waals surface area contributed by atoms with E-state index in [0.29, 0.717) is 9.89 Å². The van der Waals surface area contributed by atoms with E-state index in [-0.39, 0.29) is 5.41 Å². The molecule has 0 saturated heterocycles. The molecule has 4 heteroatoms. The van der Waals surface area contributed by atoms with E-state index < -0.39 is 14.5 Å². The van der Waals surface area contributed by atoms with Crippen molar-refractivity contribution in [3.8, 4) is 0 Å². The second kappa shape index (κ2) is 19.3. The van der Waals surface area contributed by atoms with Crippen molar-refractivity contribution in [2.24, 2.45) is 0 Å². The average molecular weight is 822 g/mol. The van der Waals surface area contributed by atoms with Crippen LogP contribution in [0.4, 0.5) is 0 Å². The number of benzene rings is 2. The molecule has 0 spiro atoms. The summed E-state index contributed by atoms with van der Waals surface area (Å²) in [5, 5.41) is 0.692. The standard InChI is InChI=1S/C51H76Cl2P2/c52-49(53)39-50(54(43-27-12-3-13-28-43,44-29-14-4-15-30-44)45-31-16-5-17-32-45)55(46-33-18-6-19-34-46,47-35-20-7-21-36-47)48-37-22-38-51(40-48,41-23-8-1-9-24-41)42-25-10-2-11-26-42/h1-2,8-11,23-26,39,43-48,50H,3-7,12-22,27-38,40H2/q+2. The summed E-state index contributed by atoms with van der Waals surface area (Å²) in [4.78, 5) is 0. The van der Waals surface area contributed by atoms with Gasteiger partial charge in [-0.15, -0.1) is 0 Å². The predicted octanol–water partition coefficient (Wildman–Crippen LogP) is 17.3. The van der Waals surface area contributed by atoms with Gasteiger partial charge in [0.1, 0.15) is 4.49 Å². The van der Waals surface area contributed by atoms with Crippen LogP contribution >= 0.6 is 37.7 Å². The van der Waals surface area contributed by atoms with Crippen LogP contribution in [-0.4, -0.2) is 39.4 Å². The van der Waals surface area contributed by atoms with Gasteiger partial charge in [0.15, 0.2) is 5.40 Å². The molecule has 6 fully saturated rings. The van der Waals surface area contributed by atoms with Gasteiger partial charge in [0.2, 0.25) is 0 Å². The van der Waals surface area contributed by atoms with Crippen molar-refractivity contribution in [1.29, 1.82) is 0 Å². The quantitative estimate of drug-likeness (QED) is 0.198. The van der Waals surface area contributed by atoms with Gasteiger partial charge in [-0.25, -0.2) is 0 Å². The van der Waals surface area contributed by atoms with Crippen LogP contribution in [0.2, 0.25) is 0 Å².